The molecule has 2 rings (SSSR count). The molecule has 1 atom stereocenters. The van der Waals surface area contributed by atoms with E-state index in [2.05, 4.69) is 48.6 Å². The topological polar surface area (TPSA) is 21.3 Å². The van der Waals surface area contributed by atoms with Gasteiger partial charge in [0, 0.05) is 12.6 Å². The average Bonchev–Trinajstić information content (AvgIpc) is 2.47. The summed E-state index contributed by atoms with van der Waals surface area (Å²) < 4.78 is 5.71. The zero-order valence-corrected chi connectivity index (χ0v) is 11.4. The van der Waals surface area contributed by atoms with Crippen molar-refractivity contribution in [3.63, 3.8) is 0 Å². The maximum Gasteiger partial charge on any atom is 0.0717 e. The van der Waals surface area contributed by atoms with Crippen molar-refractivity contribution in [3.8, 4) is 0 Å². The molecule has 100 valence electrons. The molecule has 0 fully saturated rings. The van der Waals surface area contributed by atoms with E-state index in [-0.39, 0.29) is 0 Å². The van der Waals surface area contributed by atoms with E-state index in [0.717, 1.165) is 13.2 Å². The van der Waals surface area contributed by atoms with Gasteiger partial charge < -0.3 is 10.1 Å². The molecule has 0 aliphatic carbocycles. The van der Waals surface area contributed by atoms with Crippen molar-refractivity contribution >= 4 is 0 Å². The molecule has 0 spiro atoms. The van der Waals surface area contributed by atoms with Gasteiger partial charge in [0.05, 0.1) is 13.2 Å². The largest absolute Gasteiger partial charge is 0.375 e. The highest BCUT2D eigenvalue weighted by atomic mass is 16.5. The summed E-state index contributed by atoms with van der Waals surface area (Å²) in [6, 6.07) is 21.0. The minimum absolute atomic E-state index is 0.351. The second-order valence-electron chi connectivity index (χ2n) is 4.77. The Morgan fingerprint density at radius 2 is 1.47 bits per heavy atom. The highest BCUT2D eigenvalue weighted by Gasteiger charge is 2.01. The fraction of sp³-hybridized carbons (Fsp3) is 0.294. The summed E-state index contributed by atoms with van der Waals surface area (Å²) in [7, 11) is 0. The maximum atomic E-state index is 5.71. The molecule has 19 heavy (non-hydrogen) atoms. The number of nitrogens with one attached hydrogen (secondary N) is 1. The third-order valence-corrected chi connectivity index (χ3v) is 2.98. The van der Waals surface area contributed by atoms with Crippen LogP contribution in [0.5, 0.6) is 0 Å². The van der Waals surface area contributed by atoms with Crippen molar-refractivity contribution in [1.82, 2.24) is 5.32 Å². The van der Waals surface area contributed by atoms with Gasteiger partial charge in [-0.15, -0.1) is 0 Å². The van der Waals surface area contributed by atoms with E-state index >= 15 is 0 Å². The summed E-state index contributed by atoms with van der Waals surface area (Å²) in [5, 5.41) is 3.46. The number of rotatable bonds is 7. The molecule has 2 nitrogen and oxygen atoms in total. The summed E-state index contributed by atoms with van der Waals surface area (Å²) >= 11 is 0. The van der Waals surface area contributed by atoms with Crippen LogP contribution in [-0.2, 0) is 17.9 Å². The number of benzene rings is 2. The Morgan fingerprint density at radius 1 is 0.895 bits per heavy atom. The van der Waals surface area contributed by atoms with Crippen LogP contribution in [0.25, 0.3) is 0 Å². The van der Waals surface area contributed by atoms with Gasteiger partial charge in [-0.25, -0.2) is 0 Å². The van der Waals surface area contributed by atoms with E-state index in [1.807, 2.05) is 24.3 Å². The fourth-order valence-electron chi connectivity index (χ4n) is 1.87. The van der Waals surface area contributed by atoms with Crippen molar-refractivity contribution in [2.75, 3.05) is 6.61 Å². The Hall–Kier alpha value is -1.64. The van der Waals surface area contributed by atoms with E-state index in [9.17, 15) is 0 Å². The van der Waals surface area contributed by atoms with Gasteiger partial charge in [0.2, 0.25) is 0 Å². The first kappa shape index (κ1) is 13.8. The molecule has 2 aromatic carbocycles. The van der Waals surface area contributed by atoms with Crippen LogP contribution in [0.4, 0.5) is 0 Å². The maximum absolute atomic E-state index is 5.71. The summed E-state index contributed by atoms with van der Waals surface area (Å²) in [4.78, 5) is 0. The second kappa shape index (κ2) is 7.72. The molecule has 0 heterocycles. The Morgan fingerprint density at radius 3 is 2.11 bits per heavy atom. The van der Waals surface area contributed by atoms with E-state index in [0.29, 0.717) is 12.6 Å². The minimum Gasteiger partial charge on any atom is -0.375 e. The first-order valence-electron chi connectivity index (χ1n) is 6.73. The van der Waals surface area contributed by atoms with Crippen LogP contribution >= 0.6 is 0 Å². The lowest BCUT2D eigenvalue weighted by atomic mass is 10.2. The van der Waals surface area contributed by atoms with Crippen LogP contribution in [0.3, 0.4) is 0 Å². The summed E-state index contributed by atoms with van der Waals surface area (Å²) in [6.07, 6.45) is 0. The first-order chi connectivity index (χ1) is 9.34. The Balaban J connectivity index is 1.64. The van der Waals surface area contributed by atoms with E-state index in [1.165, 1.54) is 11.1 Å². The third kappa shape index (κ3) is 5.25. The van der Waals surface area contributed by atoms with Crippen LogP contribution in [0.15, 0.2) is 60.7 Å². The highest BCUT2D eigenvalue weighted by molar-refractivity contribution is 5.14. The van der Waals surface area contributed by atoms with Crippen molar-refractivity contribution < 1.29 is 4.74 Å². The van der Waals surface area contributed by atoms with Gasteiger partial charge in [0.1, 0.15) is 0 Å². The Kier molecular flexibility index (Phi) is 5.60. The van der Waals surface area contributed by atoms with Gasteiger partial charge in [-0.3, -0.25) is 0 Å². The Labute approximate surface area is 115 Å². The molecule has 0 saturated heterocycles. The van der Waals surface area contributed by atoms with E-state index < -0.39 is 0 Å². The highest BCUT2D eigenvalue weighted by Crippen LogP contribution is 2.02. The molecule has 0 aliphatic rings. The van der Waals surface area contributed by atoms with Crippen molar-refractivity contribution in [1.29, 1.82) is 0 Å². The van der Waals surface area contributed by atoms with Crippen LogP contribution in [0.1, 0.15) is 18.1 Å². The third-order valence-electron chi connectivity index (χ3n) is 2.98. The first-order valence-corrected chi connectivity index (χ1v) is 6.73. The molecule has 0 aromatic heterocycles. The lowest BCUT2D eigenvalue weighted by Gasteiger charge is -2.14. The van der Waals surface area contributed by atoms with Crippen molar-refractivity contribution in [2.24, 2.45) is 0 Å². The smallest absolute Gasteiger partial charge is 0.0717 e. The second-order valence-corrected chi connectivity index (χ2v) is 4.77. The predicted octanol–water partition coefficient (Wildman–Crippen LogP) is 3.38. The summed E-state index contributed by atoms with van der Waals surface area (Å²) in [6.45, 7) is 4.44. The quantitative estimate of drug-likeness (QED) is 0.819. The molecule has 0 amide bonds. The summed E-state index contributed by atoms with van der Waals surface area (Å²) in [5.41, 5.74) is 2.52. The van der Waals surface area contributed by atoms with Crippen LogP contribution in [0, 0.1) is 0 Å². The predicted molar refractivity (Wildman–Crippen MR) is 78.8 cm³/mol. The van der Waals surface area contributed by atoms with Gasteiger partial charge in [-0.05, 0) is 18.1 Å². The average molecular weight is 255 g/mol. The SMILES string of the molecule is C[C@H](COCc1ccccc1)NCc1ccccc1. The Bertz CT molecular complexity index is 455. The normalized spacial score (nSPS) is 12.3. The van der Waals surface area contributed by atoms with Crippen LogP contribution < -0.4 is 5.32 Å². The monoisotopic (exact) mass is 255 g/mol. The van der Waals surface area contributed by atoms with Crippen LogP contribution in [0.2, 0.25) is 0 Å². The lowest BCUT2D eigenvalue weighted by Crippen LogP contribution is -2.29. The minimum atomic E-state index is 0.351. The van der Waals surface area contributed by atoms with Gasteiger partial charge in [0.25, 0.3) is 0 Å². The molecule has 2 heteroatoms. The molecule has 0 radical (unpaired) electrons. The summed E-state index contributed by atoms with van der Waals surface area (Å²) in [5.74, 6) is 0. The van der Waals surface area contributed by atoms with Crippen molar-refractivity contribution in [2.45, 2.75) is 26.1 Å². The molecule has 0 saturated carbocycles. The lowest BCUT2D eigenvalue weighted by molar-refractivity contribution is 0.102. The fourth-order valence-corrected chi connectivity index (χ4v) is 1.87. The van der Waals surface area contributed by atoms with Crippen LogP contribution in [-0.4, -0.2) is 12.6 Å². The number of hydrogen-bond donors (Lipinski definition) is 1. The molecule has 0 aliphatic heterocycles. The van der Waals surface area contributed by atoms with Gasteiger partial charge in [0.15, 0.2) is 0 Å². The molecule has 1 N–H and O–H groups in total. The van der Waals surface area contributed by atoms with Gasteiger partial charge in [-0.1, -0.05) is 60.7 Å². The molecule has 0 unspecified atom stereocenters. The van der Waals surface area contributed by atoms with E-state index in [1.54, 1.807) is 0 Å². The zero-order chi connectivity index (χ0) is 13.3. The molecular weight excluding hydrogens is 234 g/mol. The number of hydrogen-bond acceptors (Lipinski definition) is 2. The molecule has 2 aromatic rings. The van der Waals surface area contributed by atoms with Crippen molar-refractivity contribution in [3.05, 3.63) is 71.8 Å². The van der Waals surface area contributed by atoms with Gasteiger partial charge >= 0.3 is 0 Å². The van der Waals surface area contributed by atoms with E-state index in [4.69, 9.17) is 4.74 Å². The standard InChI is InChI=1S/C17H21NO/c1-15(18-12-16-8-4-2-5-9-16)13-19-14-17-10-6-3-7-11-17/h2-11,15,18H,12-14H2,1H3/t15-/m1/s1. The molecule has 0 bridgehead atoms. The zero-order valence-electron chi connectivity index (χ0n) is 11.4. The molecular formula is C17H21NO. The number of ether oxygens (including phenoxy) is 1. The van der Waals surface area contributed by atoms with Gasteiger partial charge in [-0.2, -0.15) is 0 Å².